The fourth-order valence-corrected chi connectivity index (χ4v) is 9.95. The number of allylic oxidation sites excluding steroid dienone is 4. The van der Waals surface area contributed by atoms with Crippen LogP contribution in [0.2, 0.25) is 0 Å². The minimum Gasteiger partial charge on any atom is -0.867 e. The van der Waals surface area contributed by atoms with Crippen LogP contribution in [0.4, 0.5) is 17.3 Å². The van der Waals surface area contributed by atoms with Crippen molar-refractivity contribution < 1.29 is 213 Å². The Balaban J connectivity index is -0.000000126. The maximum atomic E-state index is 9.89. The molecule has 26 heteroatoms. The summed E-state index contributed by atoms with van der Waals surface area (Å²) >= 11 is 0. The Hall–Kier alpha value is 1.87. The van der Waals surface area contributed by atoms with E-state index in [4.69, 9.17) is 40.2 Å². The Morgan fingerprint density at radius 2 is 0.525 bits per heavy atom. The first kappa shape index (κ1) is 79.9. The maximum absolute atomic E-state index is 9.89. The van der Waals surface area contributed by atoms with E-state index in [1.54, 1.807) is 0 Å². The Morgan fingerprint density at radius 1 is 0.361 bits per heavy atom. The predicted octanol–water partition coefficient (Wildman–Crippen LogP) is -1.59. The molecule has 8 nitrogen and oxygen atoms in total. The molecule has 4 aromatic carbocycles. The van der Waals surface area contributed by atoms with Crippen LogP contribution in [0.1, 0.15) is 19.3 Å². The third-order valence-corrected chi connectivity index (χ3v) is 12.3. The van der Waals surface area contributed by atoms with Crippen LogP contribution < -0.4 is 61.4 Å². The van der Waals surface area contributed by atoms with E-state index in [0.717, 1.165) is 11.8 Å². The number of hydrogen-bond acceptors (Lipinski definition) is 8. The van der Waals surface area contributed by atoms with Gasteiger partial charge in [-0.1, -0.05) is 146 Å². The molecule has 8 radical (unpaired) electrons. The standard InChI is InChI=1S/C28H28P2.C7H8.4BFO2.8Rh/c1-5-15-25(16-6-1)29(26-17-7-2-8-18-26)23-13-14-24-30(27-19-9-3-10-20-27)28-21-11-4-12-22-28;1-2-7-4-3-6(1)5-7;4*2-1(3)4;;;;;;;;/h1-12,15-22H,13-14,23-24H2;1-4,6-7H,5H2;;;;;;;;;;;;/q;;4*-2;;;;;;;;. The summed E-state index contributed by atoms with van der Waals surface area (Å²) < 4.78 is 39.6. The molecular weight excluding hydrogens is 1550 g/mol. The molecule has 0 amide bonds. The van der Waals surface area contributed by atoms with Gasteiger partial charge < -0.3 is 57.5 Å². The van der Waals surface area contributed by atoms with Crippen molar-refractivity contribution in [3.63, 3.8) is 0 Å². The summed E-state index contributed by atoms with van der Waals surface area (Å²) in [7, 11) is -13.2. The fourth-order valence-electron chi connectivity index (χ4n) is 5.11. The molecule has 61 heavy (non-hydrogen) atoms. The van der Waals surface area contributed by atoms with Crippen LogP contribution in [-0.2, 0) is 156 Å². The van der Waals surface area contributed by atoms with Gasteiger partial charge in [0.1, 0.15) is 29.6 Å². The predicted molar refractivity (Wildman–Crippen MR) is 194 cm³/mol. The molecule has 354 valence electrons. The molecule has 4 aromatic rings. The molecule has 0 spiro atoms. The van der Waals surface area contributed by atoms with E-state index in [9.17, 15) is 17.3 Å². The molecule has 2 aliphatic rings. The van der Waals surface area contributed by atoms with E-state index in [2.05, 4.69) is 146 Å². The number of benzene rings is 4. The number of halogens is 4. The zero-order valence-corrected chi connectivity index (χ0v) is 46.1. The molecule has 0 N–H and O–H groups in total. The Bertz CT molecular complexity index is 1320. The summed E-state index contributed by atoms with van der Waals surface area (Å²) in [4.78, 5) is 0. The van der Waals surface area contributed by atoms with Crippen LogP contribution in [0.5, 0.6) is 0 Å². The van der Waals surface area contributed by atoms with E-state index in [0.29, 0.717) is 0 Å². The molecule has 0 saturated heterocycles. The second-order valence-corrected chi connectivity index (χ2v) is 15.5. The third kappa shape index (κ3) is 44.2. The first-order chi connectivity index (χ1) is 25.3. The van der Waals surface area contributed by atoms with Gasteiger partial charge in [-0.25, -0.2) is 0 Å². The summed E-state index contributed by atoms with van der Waals surface area (Å²) in [6, 6.07) is 44.3. The van der Waals surface area contributed by atoms with E-state index in [1.807, 2.05) is 0 Å². The average molecular weight is 1590 g/mol. The van der Waals surface area contributed by atoms with Crippen LogP contribution in [-0.4, -0.2) is 41.9 Å². The van der Waals surface area contributed by atoms with Crippen molar-refractivity contribution in [1.29, 1.82) is 0 Å². The van der Waals surface area contributed by atoms with Gasteiger partial charge in [-0.2, -0.15) is 0 Å². The molecule has 0 heterocycles. The Morgan fingerprint density at radius 3 is 0.656 bits per heavy atom. The zero-order chi connectivity index (χ0) is 39.4. The Labute approximate surface area is 463 Å². The van der Waals surface area contributed by atoms with E-state index in [1.165, 1.54) is 52.8 Å². The topological polar surface area (TPSA) is 184 Å². The molecule has 2 bridgehead atoms. The first-order valence-corrected chi connectivity index (χ1v) is 19.3. The van der Waals surface area contributed by atoms with Gasteiger partial charge in [0.15, 0.2) is 0 Å². The van der Waals surface area contributed by atoms with Crippen molar-refractivity contribution in [2.45, 2.75) is 19.3 Å². The summed E-state index contributed by atoms with van der Waals surface area (Å²) in [6.45, 7) is 0. The van der Waals surface area contributed by atoms with Crippen LogP contribution in [0.3, 0.4) is 0 Å². The number of hydrogen-bond donors (Lipinski definition) is 0. The van der Waals surface area contributed by atoms with E-state index < -0.39 is 29.6 Å². The van der Waals surface area contributed by atoms with Gasteiger partial charge in [0.25, 0.3) is 0 Å². The third-order valence-electron chi connectivity index (χ3n) is 7.04. The molecule has 0 unspecified atom stereocenters. The molecule has 6 rings (SSSR count). The summed E-state index contributed by atoms with van der Waals surface area (Å²) in [5, 5.41) is 72.4. The van der Waals surface area contributed by atoms with Crippen molar-refractivity contribution in [2.75, 3.05) is 12.3 Å². The molecule has 0 fully saturated rings. The van der Waals surface area contributed by atoms with Crippen molar-refractivity contribution >= 4 is 66.6 Å². The van der Waals surface area contributed by atoms with Crippen LogP contribution in [0, 0.1) is 11.8 Å². The largest absolute Gasteiger partial charge is 0.867 e. The SMILES string of the molecule is C1=CC2C=CC1C2.[O-]B([O-])F.[O-]B([O-])F.[O-]B([O-])F.[O-]B([O-])F.[Rh].[Rh].[Rh].[Rh].[Rh].[Rh].[Rh].[Rh].c1ccc(P(CCCCP(c2ccccc2)c2ccccc2)c2ccccc2)cc1. The number of fused-ring (bicyclic) bond motifs is 2. The van der Waals surface area contributed by atoms with Gasteiger partial charge in [0.2, 0.25) is 0 Å². The normalized spacial score (nSPS) is 12.2. The van der Waals surface area contributed by atoms with Crippen molar-refractivity contribution in [2.24, 2.45) is 11.8 Å². The van der Waals surface area contributed by atoms with Crippen molar-refractivity contribution in [1.82, 2.24) is 0 Å². The van der Waals surface area contributed by atoms with E-state index >= 15 is 0 Å². The van der Waals surface area contributed by atoms with Crippen molar-refractivity contribution in [3.05, 3.63) is 146 Å². The van der Waals surface area contributed by atoms with Crippen LogP contribution in [0.25, 0.3) is 0 Å². The van der Waals surface area contributed by atoms with Crippen LogP contribution >= 0.6 is 15.8 Å². The maximum Gasteiger partial charge on any atom is 0.121 e. The molecule has 0 aliphatic heterocycles. The summed E-state index contributed by atoms with van der Waals surface area (Å²) in [5.41, 5.74) is 0. The van der Waals surface area contributed by atoms with Gasteiger partial charge in [0, 0.05) is 156 Å². The second-order valence-electron chi connectivity index (χ2n) is 10.8. The minimum atomic E-state index is -3.17. The number of rotatable bonds is 9. The molecule has 0 aromatic heterocycles. The second kappa shape index (κ2) is 51.3. The van der Waals surface area contributed by atoms with E-state index in [-0.39, 0.29) is 172 Å². The van der Waals surface area contributed by atoms with Gasteiger partial charge in [0.05, 0.1) is 0 Å². The zero-order valence-electron chi connectivity index (χ0n) is 31.2. The van der Waals surface area contributed by atoms with Gasteiger partial charge >= 0.3 is 0 Å². The molecular formula is C35H36B4F4O8P2Rh8-8. The average Bonchev–Trinajstić information content (AvgIpc) is 3.78. The first-order valence-electron chi connectivity index (χ1n) is 16.2. The Kier molecular flexibility index (Phi) is 67.2. The van der Waals surface area contributed by atoms with Gasteiger partial charge in [-0.3, -0.25) is 0 Å². The molecule has 0 saturated carbocycles. The minimum absolute atomic E-state index is 0. The fraction of sp³-hybridized carbons (Fsp3) is 0.200. The summed E-state index contributed by atoms with van der Waals surface area (Å²) in [5.74, 6) is 1.62. The summed E-state index contributed by atoms with van der Waals surface area (Å²) in [6.07, 6.45) is 15.6. The van der Waals surface area contributed by atoms with Gasteiger partial charge in [-0.15, -0.1) is 0 Å². The molecule has 0 atom stereocenters. The quantitative estimate of drug-likeness (QED) is 0.0632. The molecule has 2 aliphatic carbocycles. The smallest absolute Gasteiger partial charge is 0.121 e. The van der Waals surface area contributed by atoms with Crippen LogP contribution in [0.15, 0.2) is 146 Å². The number of unbranched alkanes of at least 4 members (excludes halogenated alkanes) is 1. The van der Waals surface area contributed by atoms with Crippen molar-refractivity contribution in [3.8, 4) is 0 Å². The van der Waals surface area contributed by atoms with Gasteiger partial charge in [-0.05, 0) is 80.5 Å². The monoisotopic (exact) mass is 1590 g/mol.